The van der Waals surface area contributed by atoms with Crippen molar-refractivity contribution in [3.05, 3.63) is 53.5 Å². The highest BCUT2D eigenvalue weighted by atomic mass is 19.4. The van der Waals surface area contributed by atoms with Crippen molar-refractivity contribution >= 4 is 17.4 Å². The van der Waals surface area contributed by atoms with Crippen LogP contribution in [-0.2, 0) is 10.9 Å². The minimum absolute atomic E-state index is 0.140. The van der Waals surface area contributed by atoms with E-state index in [4.69, 9.17) is 4.74 Å². The summed E-state index contributed by atoms with van der Waals surface area (Å²) in [5.41, 5.74) is -1.41. The van der Waals surface area contributed by atoms with Gasteiger partial charge in [0.2, 0.25) is 0 Å². The molecule has 1 aliphatic heterocycles. The van der Waals surface area contributed by atoms with Crippen molar-refractivity contribution in [1.82, 2.24) is 10.3 Å². The smallest absolute Gasteiger partial charge is 0.381 e. The monoisotopic (exact) mass is 397 g/mol. The second-order valence-electron chi connectivity index (χ2n) is 6.51. The van der Waals surface area contributed by atoms with E-state index in [1.807, 2.05) is 0 Å². The van der Waals surface area contributed by atoms with Gasteiger partial charge in [-0.15, -0.1) is 0 Å². The van der Waals surface area contributed by atoms with Crippen molar-refractivity contribution in [2.24, 2.45) is 5.92 Å². The number of halogens is 4. The van der Waals surface area contributed by atoms with Gasteiger partial charge in [-0.3, -0.25) is 4.79 Å². The van der Waals surface area contributed by atoms with Crippen LogP contribution in [0.1, 0.15) is 28.8 Å². The Morgan fingerprint density at radius 1 is 1.21 bits per heavy atom. The molecule has 28 heavy (non-hydrogen) atoms. The number of amides is 1. The first-order valence-electron chi connectivity index (χ1n) is 8.78. The van der Waals surface area contributed by atoms with Crippen LogP contribution in [0, 0.1) is 11.7 Å². The summed E-state index contributed by atoms with van der Waals surface area (Å²) in [6.45, 7) is 1.44. The predicted octanol–water partition coefficient (Wildman–Crippen LogP) is 4.14. The van der Waals surface area contributed by atoms with Gasteiger partial charge in [-0.2, -0.15) is 13.2 Å². The van der Waals surface area contributed by atoms with Crippen LogP contribution in [0.4, 0.5) is 29.1 Å². The fourth-order valence-corrected chi connectivity index (χ4v) is 2.94. The van der Waals surface area contributed by atoms with E-state index < -0.39 is 29.0 Å². The molecular formula is C19H19F4N3O2. The summed E-state index contributed by atoms with van der Waals surface area (Å²) in [6.07, 6.45) is -2.36. The Bertz CT molecular complexity index is 836. The molecule has 9 heteroatoms. The summed E-state index contributed by atoms with van der Waals surface area (Å²) >= 11 is 0. The number of rotatable bonds is 5. The fourth-order valence-electron chi connectivity index (χ4n) is 2.94. The Hall–Kier alpha value is -2.68. The van der Waals surface area contributed by atoms with E-state index in [2.05, 4.69) is 15.6 Å². The molecule has 1 aliphatic rings. The lowest BCUT2D eigenvalue weighted by Gasteiger charge is -2.22. The zero-order chi connectivity index (χ0) is 20.1. The number of carbonyl (C=O) groups is 1. The first kappa shape index (κ1) is 20.1. The van der Waals surface area contributed by atoms with Crippen molar-refractivity contribution in [1.29, 1.82) is 0 Å². The number of alkyl halides is 3. The number of ether oxygens (including phenoxy) is 1. The highest BCUT2D eigenvalue weighted by molar-refractivity contribution is 5.96. The first-order valence-corrected chi connectivity index (χ1v) is 8.78. The summed E-state index contributed by atoms with van der Waals surface area (Å²) in [5.74, 6) is -1.33. The van der Waals surface area contributed by atoms with E-state index in [1.165, 1.54) is 18.2 Å². The van der Waals surface area contributed by atoms with E-state index >= 15 is 0 Å². The molecular weight excluding hydrogens is 378 g/mol. The number of nitrogens with zero attached hydrogens (tertiary/aromatic N) is 1. The number of hydrogen-bond donors (Lipinski definition) is 2. The van der Waals surface area contributed by atoms with Gasteiger partial charge in [-0.05, 0) is 43.0 Å². The predicted molar refractivity (Wildman–Crippen MR) is 94.8 cm³/mol. The number of pyridine rings is 1. The van der Waals surface area contributed by atoms with Gasteiger partial charge in [0.1, 0.15) is 11.6 Å². The molecule has 2 aromatic rings. The van der Waals surface area contributed by atoms with Crippen molar-refractivity contribution < 1.29 is 27.1 Å². The van der Waals surface area contributed by atoms with Gasteiger partial charge in [0, 0.05) is 31.6 Å². The molecule has 5 nitrogen and oxygen atoms in total. The molecule has 2 heterocycles. The highest BCUT2D eigenvalue weighted by Gasteiger charge is 2.36. The van der Waals surface area contributed by atoms with Gasteiger partial charge < -0.3 is 15.4 Å². The van der Waals surface area contributed by atoms with Crippen LogP contribution in [0.3, 0.4) is 0 Å². The molecule has 1 amide bonds. The van der Waals surface area contributed by atoms with Gasteiger partial charge >= 0.3 is 6.18 Å². The Balaban J connectivity index is 1.77. The summed E-state index contributed by atoms with van der Waals surface area (Å²) in [7, 11) is 0. The van der Waals surface area contributed by atoms with E-state index in [-0.39, 0.29) is 24.0 Å². The van der Waals surface area contributed by atoms with E-state index in [9.17, 15) is 22.4 Å². The number of hydrogen-bond acceptors (Lipinski definition) is 4. The number of aromatic nitrogens is 1. The molecule has 3 rings (SSSR count). The number of carbonyl (C=O) groups excluding carboxylic acids is 1. The maximum atomic E-state index is 13.5. The molecule has 0 radical (unpaired) electrons. The normalized spacial score (nSPS) is 15.3. The zero-order valence-electron chi connectivity index (χ0n) is 14.9. The number of anilines is 2. The van der Waals surface area contributed by atoms with Crippen LogP contribution in [0.5, 0.6) is 0 Å². The van der Waals surface area contributed by atoms with Crippen LogP contribution in [0.15, 0.2) is 36.5 Å². The number of benzene rings is 1. The zero-order valence-corrected chi connectivity index (χ0v) is 14.9. The van der Waals surface area contributed by atoms with E-state index in [0.29, 0.717) is 13.2 Å². The van der Waals surface area contributed by atoms with Crippen molar-refractivity contribution in [2.75, 3.05) is 25.1 Å². The molecule has 1 aromatic heterocycles. The Morgan fingerprint density at radius 3 is 2.64 bits per heavy atom. The number of nitrogens with one attached hydrogen (secondary N) is 2. The molecule has 0 atom stereocenters. The Labute approximate surface area is 159 Å². The molecule has 0 aliphatic carbocycles. The first-order chi connectivity index (χ1) is 13.3. The topological polar surface area (TPSA) is 63.2 Å². The Kier molecular flexibility index (Phi) is 6.13. The molecule has 0 spiro atoms. The third-order valence-electron chi connectivity index (χ3n) is 4.44. The molecule has 0 bridgehead atoms. The van der Waals surface area contributed by atoms with Crippen molar-refractivity contribution in [2.45, 2.75) is 19.0 Å². The van der Waals surface area contributed by atoms with Gasteiger partial charge in [0.25, 0.3) is 5.91 Å². The second-order valence-corrected chi connectivity index (χ2v) is 6.51. The van der Waals surface area contributed by atoms with Crippen LogP contribution < -0.4 is 10.6 Å². The average Bonchev–Trinajstić information content (AvgIpc) is 2.66. The van der Waals surface area contributed by atoms with Gasteiger partial charge in [0.05, 0.1) is 11.1 Å². The highest BCUT2D eigenvalue weighted by Crippen LogP contribution is 2.33. The third-order valence-corrected chi connectivity index (χ3v) is 4.44. The SMILES string of the molecule is O=C(NCC1CCOCC1)c1cnc(Nc2cccc(F)c2)cc1C(F)(F)F. The van der Waals surface area contributed by atoms with Crippen LogP contribution >= 0.6 is 0 Å². The van der Waals surface area contributed by atoms with E-state index in [1.54, 1.807) is 0 Å². The average molecular weight is 397 g/mol. The molecule has 150 valence electrons. The van der Waals surface area contributed by atoms with Gasteiger partial charge in [0.15, 0.2) is 0 Å². The van der Waals surface area contributed by atoms with Crippen molar-refractivity contribution in [3.63, 3.8) is 0 Å². The summed E-state index contributed by atoms with van der Waals surface area (Å²) in [4.78, 5) is 16.2. The molecule has 0 saturated carbocycles. The minimum Gasteiger partial charge on any atom is -0.381 e. The molecule has 0 unspecified atom stereocenters. The molecule has 1 saturated heterocycles. The van der Waals surface area contributed by atoms with Crippen LogP contribution in [0.2, 0.25) is 0 Å². The fraction of sp³-hybridized carbons (Fsp3) is 0.368. The molecule has 2 N–H and O–H groups in total. The standard InChI is InChI=1S/C19H19F4N3O2/c20-13-2-1-3-14(8-13)26-17-9-16(19(21,22)23)15(11-24-17)18(27)25-10-12-4-6-28-7-5-12/h1-3,8-9,11-12H,4-7,10H2,(H,24,26)(H,25,27). The van der Waals surface area contributed by atoms with Gasteiger partial charge in [-0.1, -0.05) is 6.07 Å². The largest absolute Gasteiger partial charge is 0.417 e. The third kappa shape index (κ3) is 5.19. The summed E-state index contributed by atoms with van der Waals surface area (Å²) in [6, 6.07) is 6.00. The maximum Gasteiger partial charge on any atom is 0.417 e. The van der Waals surface area contributed by atoms with Crippen LogP contribution in [0.25, 0.3) is 0 Å². The second kappa shape index (κ2) is 8.55. The molecule has 1 aromatic carbocycles. The van der Waals surface area contributed by atoms with Crippen LogP contribution in [-0.4, -0.2) is 30.6 Å². The van der Waals surface area contributed by atoms with Gasteiger partial charge in [-0.25, -0.2) is 9.37 Å². The summed E-state index contributed by atoms with van der Waals surface area (Å²) < 4.78 is 58.9. The van der Waals surface area contributed by atoms with Crippen molar-refractivity contribution in [3.8, 4) is 0 Å². The summed E-state index contributed by atoms with van der Waals surface area (Å²) in [5, 5.41) is 5.16. The maximum absolute atomic E-state index is 13.5. The minimum atomic E-state index is -4.74. The quantitative estimate of drug-likeness (QED) is 0.745. The lowest BCUT2D eigenvalue weighted by molar-refractivity contribution is -0.137. The van der Waals surface area contributed by atoms with E-state index in [0.717, 1.165) is 31.2 Å². The lowest BCUT2D eigenvalue weighted by Crippen LogP contribution is -2.33. The molecule has 1 fully saturated rings. The lowest BCUT2D eigenvalue weighted by atomic mass is 10.00. The Morgan fingerprint density at radius 2 is 1.96 bits per heavy atom.